The van der Waals surface area contributed by atoms with Crippen LogP contribution >= 0.6 is 7.14 Å². The Labute approximate surface area is 320 Å². The Bertz CT molecular complexity index is 3330. The number of fused-ring (bicyclic) bond motifs is 12. The van der Waals surface area contributed by atoms with Gasteiger partial charge < -0.3 is 23.2 Å². The molecule has 0 saturated carbocycles. The molecule has 5 nitrogen and oxygen atoms in total. The Morgan fingerprint density at radius 1 is 0.357 bits per heavy atom. The summed E-state index contributed by atoms with van der Waals surface area (Å²) >= 11 is 0. The number of furan rings is 2. The van der Waals surface area contributed by atoms with Crippen molar-refractivity contribution in [3.05, 3.63) is 176 Å². The average molecular weight is 737 g/mol. The molecule has 0 bridgehead atoms. The highest BCUT2D eigenvalue weighted by Gasteiger charge is 2.49. The zero-order valence-electron chi connectivity index (χ0n) is 29.8. The number of anilines is 6. The predicted octanol–water partition coefficient (Wildman–Crippen LogP) is 13.0. The van der Waals surface area contributed by atoms with Crippen molar-refractivity contribution in [2.45, 2.75) is 0 Å². The molecule has 0 atom stereocenters. The first-order valence-corrected chi connectivity index (χ1v) is 20.6. The highest BCUT2D eigenvalue weighted by Crippen LogP contribution is 2.62. The molecule has 6 heteroatoms. The van der Waals surface area contributed by atoms with Crippen molar-refractivity contribution in [1.82, 2.24) is 0 Å². The number of nitrogens with zero attached hydrogens (tertiary/aromatic N) is 2. The SMILES string of the molecule is O=P12c3cc4oc5ccccc5c4cc3N(c3ccc4ccccc4c3)c3cccc(c31)N(c1ccc3ccccc3c1)c1cc3c(cc12)oc1ccccc13. The zero-order valence-corrected chi connectivity index (χ0v) is 30.7. The lowest BCUT2D eigenvalue weighted by Crippen LogP contribution is -2.43. The van der Waals surface area contributed by atoms with Crippen molar-refractivity contribution >= 4 is 123 Å². The van der Waals surface area contributed by atoms with Crippen LogP contribution in [0.4, 0.5) is 34.1 Å². The quantitative estimate of drug-likeness (QED) is 0.165. The smallest absolute Gasteiger partial charge is 0.179 e. The monoisotopic (exact) mass is 736 g/mol. The standard InChI is InChI=1S/C50H29N2O3P/c53-56-48-28-46-38(36-14-5-7-18-44(36)54-46)26-42(48)51(34-22-20-30-10-1-3-12-32(30)24-34)40-16-9-17-41(50(40)56)52(35-23-21-31-11-2-4-13-33(31)25-35)43-27-39-37-15-6-8-19-45(37)55-47(39)29-49(43)56/h1-29H. The number of rotatable bonds is 2. The van der Waals surface area contributed by atoms with Crippen molar-refractivity contribution in [1.29, 1.82) is 0 Å². The van der Waals surface area contributed by atoms with Crippen molar-refractivity contribution in [2.75, 3.05) is 9.80 Å². The summed E-state index contributed by atoms with van der Waals surface area (Å²) < 4.78 is 30.2. The normalized spacial score (nSPS) is 14.2. The van der Waals surface area contributed by atoms with E-state index in [9.17, 15) is 0 Å². The minimum absolute atomic E-state index is 0.711. The molecule has 9 aromatic carbocycles. The molecule has 0 radical (unpaired) electrons. The Kier molecular flexibility index (Phi) is 5.83. The van der Waals surface area contributed by atoms with Gasteiger partial charge in [0.25, 0.3) is 0 Å². The Balaban J connectivity index is 1.19. The highest BCUT2D eigenvalue weighted by atomic mass is 31.2. The second-order valence-electron chi connectivity index (χ2n) is 14.9. The summed E-state index contributed by atoms with van der Waals surface area (Å²) in [7, 11) is -3.63. The van der Waals surface area contributed by atoms with E-state index in [-0.39, 0.29) is 0 Å². The second kappa shape index (κ2) is 10.8. The predicted molar refractivity (Wildman–Crippen MR) is 232 cm³/mol. The van der Waals surface area contributed by atoms with E-state index in [1.54, 1.807) is 0 Å². The van der Waals surface area contributed by atoms with Gasteiger partial charge in [-0.15, -0.1) is 0 Å². The van der Waals surface area contributed by atoms with Crippen LogP contribution in [0.25, 0.3) is 65.4 Å². The molecule has 4 heterocycles. The van der Waals surface area contributed by atoms with Crippen LogP contribution in [0.2, 0.25) is 0 Å². The fourth-order valence-corrected chi connectivity index (χ4v) is 12.7. The maximum Gasteiger partial charge on any atom is 0.179 e. The number of hydrogen-bond donors (Lipinski definition) is 0. The first-order chi connectivity index (χ1) is 27.6. The summed E-state index contributed by atoms with van der Waals surface area (Å²) in [6.45, 7) is 0. The fraction of sp³-hybridized carbons (Fsp3) is 0. The van der Waals surface area contributed by atoms with Crippen LogP contribution in [-0.2, 0) is 4.57 Å². The minimum Gasteiger partial charge on any atom is -0.456 e. The molecule has 0 N–H and O–H groups in total. The van der Waals surface area contributed by atoms with Crippen molar-refractivity contribution in [3.63, 3.8) is 0 Å². The summed E-state index contributed by atoms with van der Waals surface area (Å²) in [6.07, 6.45) is 0. The van der Waals surface area contributed by atoms with Crippen molar-refractivity contribution in [2.24, 2.45) is 0 Å². The second-order valence-corrected chi connectivity index (χ2v) is 17.5. The van der Waals surface area contributed by atoms with Crippen LogP contribution in [0.5, 0.6) is 0 Å². The van der Waals surface area contributed by atoms with Gasteiger partial charge in [0.15, 0.2) is 7.14 Å². The third kappa shape index (κ3) is 3.92. The first kappa shape index (κ1) is 30.3. The molecule has 0 spiro atoms. The maximum atomic E-state index is 17.1. The van der Waals surface area contributed by atoms with E-state index < -0.39 is 7.14 Å². The van der Waals surface area contributed by atoms with Crippen LogP contribution in [0.1, 0.15) is 0 Å². The summed E-state index contributed by atoms with van der Waals surface area (Å²) in [5.41, 5.74) is 8.54. The molecule has 0 saturated heterocycles. The topological polar surface area (TPSA) is 49.8 Å². The van der Waals surface area contributed by atoms with Crippen LogP contribution < -0.4 is 25.7 Å². The largest absolute Gasteiger partial charge is 0.456 e. The molecule has 0 aliphatic carbocycles. The fourth-order valence-electron chi connectivity index (χ4n) is 9.38. The summed E-state index contributed by atoms with van der Waals surface area (Å²) in [5, 5.41) is 10.9. The summed E-state index contributed by atoms with van der Waals surface area (Å²) in [4.78, 5) is 4.61. The van der Waals surface area contributed by atoms with Gasteiger partial charge in [-0.2, -0.15) is 0 Å². The molecule has 2 aromatic heterocycles. The Morgan fingerprint density at radius 2 is 0.804 bits per heavy atom. The molecule has 2 aliphatic heterocycles. The van der Waals surface area contributed by atoms with E-state index in [1.165, 1.54) is 0 Å². The molecule has 2 aliphatic rings. The number of para-hydroxylation sites is 2. The van der Waals surface area contributed by atoms with Crippen LogP contribution in [0, 0.1) is 0 Å². The van der Waals surface area contributed by atoms with E-state index in [1.807, 2.05) is 36.4 Å². The van der Waals surface area contributed by atoms with Gasteiger partial charge in [0, 0.05) is 43.5 Å². The molecule has 56 heavy (non-hydrogen) atoms. The molecule has 0 unspecified atom stereocenters. The van der Waals surface area contributed by atoms with Crippen molar-refractivity contribution in [3.8, 4) is 0 Å². The van der Waals surface area contributed by atoms with Crippen LogP contribution in [0.15, 0.2) is 185 Å². The average Bonchev–Trinajstić information content (AvgIpc) is 3.80. The van der Waals surface area contributed by atoms with Crippen LogP contribution in [0.3, 0.4) is 0 Å². The van der Waals surface area contributed by atoms with Gasteiger partial charge in [0.05, 0.1) is 28.1 Å². The van der Waals surface area contributed by atoms with Gasteiger partial charge >= 0.3 is 0 Å². The van der Waals surface area contributed by atoms with E-state index in [0.29, 0.717) is 11.2 Å². The first-order valence-electron chi connectivity index (χ1n) is 18.9. The molecule has 0 fully saturated rings. The third-order valence-electron chi connectivity index (χ3n) is 11.9. The van der Waals surface area contributed by atoms with Gasteiger partial charge in [0.1, 0.15) is 22.3 Å². The van der Waals surface area contributed by atoms with Crippen LogP contribution in [-0.4, -0.2) is 0 Å². The van der Waals surface area contributed by atoms with E-state index in [0.717, 1.165) is 104 Å². The molecule has 0 amide bonds. The van der Waals surface area contributed by atoms with Gasteiger partial charge in [-0.05, 0) is 94.3 Å². The Hall–Kier alpha value is -7.07. The Morgan fingerprint density at radius 3 is 1.30 bits per heavy atom. The van der Waals surface area contributed by atoms with E-state index >= 15 is 4.57 Å². The minimum atomic E-state index is -3.63. The lowest BCUT2D eigenvalue weighted by atomic mass is 10.0. The van der Waals surface area contributed by atoms with Gasteiger partial charge in [0.2, 0.25) is 0 Å². The molecule has 262 valence electrons. The highest BCUT2D eigenvalue weighted by molar-refractivity contribution is 7.86. The molecule has 13 rings (SSSR count). The number of hydrogen-bond acceptors (Lipinski definition) is 5. The molecule has 11 aromatic rings. The lowest BCUT2D eigenvalue weighted by Gasteiger charge is -2.44. The summed E-state index contributed by atoms with van der Waals surface area (Å²) in [5.74, 6) is 0. The van der Waals surface area contributed by atoms with E-state index in [2.05, 4.69) is 149 Å². The molecular weight excluding hydrogens is 708 g/mol. The summed E-state index contributed by atoms with van der Waals surface area (Å²) in [6, 6.07) is 61.2. The van der Waals surface area contributed by atoms with E-state index in [4.69, 9.17) is 8.83 Å². The number of benzene rings is 9. The lowest BCUT2D eigenvalue weighted by molar-refractivity contribution is 0.592. The maximum absolute atomic E-state index is 17.1. The molecular formula is C50H29N2O3P. The van der Waals surface area contributed by atoms with Gasteiger partial charge in [-0.3, -0.25) is 0 Å². The van der Waals surface area contributed by atoms with Gasteiger partial charge in [-0.1, -0.05) is 103 Å². The third-order valence-corrected chi connectivity index (χ3v) is 15.0. The zero-order chi connectivity index (χ0) is 36.7. The van der Waals surface area contributed by atoms with Gasteiger partial charge in [-0.25, -0.2) is 0 Å². The van der Waals surface area contributed by atoms with Crippen molar-refractivity contribution < 1.29 is 13.4 Å².